The maximum absolute atomic E-state index is 5.91. The number of rotatable bonds is 4. The number of halogens is 1. The molecule has 1 heterocycles. The van der Waals surface area contributed by atoms with E-state index in [0.29, 0.717) is 6.04 Å². The number of anilines is 1. The van der Waals surface area contributed by atoms with Gasteiger partial charge in [-0.3, -0.25) is 0 Å². The quantitative estimate of drug-likeness (QED) is 0.678. The van der Waals surface area contributed by atoms with Gasteiger partial charge in [-0.1, -0.05) is 0 Å². The van der Waals surface area contributed by atoms with Crippen LogP contribution in [0.2, 0.25) is 5.02 Å². The molecule has 0 saturated carbocycles. The van der Waals surface area contributed by atoms with Crippen molar-refractivity contribution in [3.8, 4) is 0 Å². The summed E-state index contributed by atoms with van der Waals surface area (Å²) in [7, 11) is 0. The standard InChI is InChI=1S/C15H14ClN3Se/c1-10(9-11-5-7-12(16)8-6-11)17-13-3-2-4-14-15(13)19-20-18-14/h2-8,10,17H,9H2,1H3. The molecule has 2 aromatic carbocycles. The maximum atomic E-state index is 5.91. The minimum atomic E-state index is 0.0134. The average molecular weight is 351 g/mol. The molecule has 5 heteroatoms. The second-order valence-electron chi connectivity index (χ2n) is 4.81. The number of fused-ring (bicyclic) bond motifs is 1. The summed E-state index contributed by atoms with van der Waals surface area (Å²) in [5.74, 6) is 0. The van der Waals surface area contributed by atoms with E-state index in [1.807, 2.05) is 24.3 Å². The molecule has 1 N–H and O–H groups in total. The summed E-state index contributed by atoms with van der Waals surface area (Å²) in [6.45, 7) is 2.17. The van der Waals surface area contributed by atoms with Gasteiger partial charge in [-0.05, 0) is 0 Å². The molecule has 1 unspecified atom stereocenters. The number of nitrogens with zero attached hydrogens (tertiary/aromatic N) is 2. The topological polar surface area (TPSA) is 36.8 Å². The summed E-state index contributed by atoms with van der Waals surface area (Å²) in [4.78, 5) is 0. The second kappa shape index (κ2) is 5.96. The van der Waals surface area contributed by atoms with Crippen molar-refractivity contribution in [2.75, 3.05) is 5.32 Å². The van der Waals surface area contributed by atoms with E-state index in [-0.39, 0.29) is 14.6 Å². The number of benzene rings is 2. The van der Waals surface area contributed by atoms with E-state index in [1.54, 1.807) is 0 Å². The predicted molar refractivity (Wildman–Crippen MR) is 84.6 cm³/mol. The van der Waals surface area contributed by atoms with Crippen molar-refractivity contribution >= 4 is 43.2 Å². The fourth-order valence-corrected chi connectivity index (χ4v) is 3.49. The SMILES string of the molecule is CC(Cc1ccc(Cl)cc1)Nc1cccc2c1N=[Se]=N2. The molecule has 0 aliphatic carbocycles. The van der Waals surface area contributed by atoms with Gasteiger partial charge < -0.3 is 0 Å². The molecule has 0 fully saturated rings. The summed E-state index contributed by atoms with van der Waals surface area (Å²) >= 11 is 5.92. The molecule has 0 amide bonds. The first-order valence-corrected chi connectivity index (χ1v) is 8.35. The van der Waals surface area contributed by atoms with Crippen LogP contribution in [0.1, 0.15) is 12.5 Å². The van der Waals surface area contributed by atoms with Gasteiger partial charge in [0.15, 0.2) is 0 Å². The first kappa shape index (κ1) is 13.6. The van der Waals surface area contributed by atoms with Gasteiger partial charge in [-0.2, -0.15) is 0 Å². The predicted octanol–water partition coefficient (Wildman–Crippen LogP) is 4.73. The van der Waals surface area contributed by atoms with Gasteiger partial charge in [0.25, 0.3) is 0 Å². The van der Waals surface area contributed by atoms with E-state index in [4.69, 9.17) is 11.6 Å². The Balaban J connectivity index is 1.71. The van der Waals surface area contributed by atoms with Crippen LogP contribution in [0.15, 0.2) is 50.4 Å². The molecule has 20 heavy (non-hydrogen) atoms. The minimum absolute atomic E-state index is 0.0134. The second-order valence-corrected chi connectivity index (χ2v) is 6.36. The Morgan fingerprint density at radius 2 is 1.95 bits per heavy atom. The van der Waals surface area contributed by atoms with Crippen LogP contribution in [0.25, 0.3) is 0 Å². The third kappa shape index (κ3) is 3.04. The first-order chi connectivity index (χ1) is 9.72. The van der Waals surface area contributed by atoms with Crippen LogP contribution < -0.4 is 5.32 Å². The van der Waals surface area contributed by atoms with E-state index >= 15 is 0 Å². The van der Waals surface area contributed by atoms with Crippen LogP contribution in [0, 0.1) is 0 Å². The van der Waals surface area contributed by atoms with Crippen molar-refractivity contribution in [3.63, 3.8) is 0 Å². The van der Waals surface area contributed by atoms with E-state index in [0.717, 1.165) is 28.5 Å². The normalized spacial score (nSPS) is 13.7. The molecule has 3 nitrogen and oxygen atoms in total. The van der Waals surface area contributed by atoms with Crippen LogP contribution >= 0.6 is 11.6 Å². The molecule has 3 rings (SSSR count). The first-order valence-electron chi connectivity index (χ1n) is 6.44. The van der Waals surface area contributed by atoms with E-state index in [2.05, 4.69) is 38.4 Å². The molecule has 0 bridgehead atoms. The number of hydrogen-bond donors (Lipinski definition) is 1. The van der Waals surface area contributed by atoms with Crippen LogP contribution in [0.3, 0.4) is 0 Å². The molecule has 0 radical (unpaired) electrons. The third-order valence-electron chi connectivity index (χ3n) is 3.14. The van der Waals surface area contributed by atoms with Gasteiger partial charge >= 0.3 is 129 Å². The van der Waals surface area contributed by atoms with Gasteiger partial charge in [-0.25, -0.2) is 0 Å². The Bertz CT molecular complexity index is 691. The van der Waals surface area contributed by atoms with Gasteiger partial charge in [0, 0.05) is 0 Å². The molecule has 102 valence electrons. The van der Waals surface area contributed by atoms with Gasteiger partial charge in [0.05, 0.1) is 0 Å². The van der Waals surface area contributed by atoms with Crippen LogP contribution in [0.4, 0.5) is 17.1 Å². The summed E-state index contributed by atoms with van der Waals surface area (Å²) in [5, 5.41) is 4.30. The number of hydrogen-bond acceptors (Lipinski definition) is 3. The Morgan fingerprint density at radius 3 is 2.75 bits per heavy atom. The van der Waals surface area contributed by atoms with Crippen molar-refractivity contribution in [3.05, 3.63) is 53.1 Å². The fraction of sp³-hybridized carbons (Fsp3) is 0.200. The zero-order valence-corrected chi connectivity index (χ0v) is 13.5. The molecule has 0 saturated heterocycles. The van der Waals surface area contributed by atoms with E-state index in [1.165, 1.54) is 5.56 Å². The van der Waals surface area contributed by atoms with E-state index < -0.39 is 0 Å². The van der Waals surface area contributed by atoms with Crippen LogP contribution in [0.5, 0.6) is 0 Å². The Kier molecular flexibility index (Phi) is 4.06. The Labute approximate surface area is 129 Å². The summed E-state index contributed by atoms with van der Waals surface area (Å²) in [5.41, 5.74) is 4.36. The molecular weight excluding hydrogens is 337 g/mol. The van der Waals surface area contributed by atoms with Crippen molar-refractivity contribution in [2.24, 2.45) is 7.92 Å². The van der Waals surface area contributed by atoms with Crippen LogP contribution in [-0.2, 0) is 6.42 Å². The summed E-state index contributed by atoms with van der Waals surface area (Å²) in [6, 6.07) is 14.4. The van der Waals surface area contributed by atoms with Gasteiger partial charge in [-0.15, -0.1) is 0 Å². The molecule has 1 aliphatic heterocycles. The monoisotopic (exact) mass is 351 g/mol. The molecular formula is C15H14ClN3Se. The molecule has 0 spiro atoms. The third-order valence-corrected chi connectivity index (χ3v) is 4.53. The fourth-order valence-electron chi connectivity index (χ4n) is 2.21. The van der Waals surface area contributed by atoms with Crippen molar-refractivity contribution in [1.82, 2.24) is 0 Å². The molecule has 1 atom stereocenters. The molecule has 2 aromatic rings. The molecule has 1 aliphatic rings. The Morgan fingerprint density at radius 1 is 1.15 bits per heavy atom. The zero-order chi connectivity index (χ0) is 13.9. The van der Waals surface area contributed by atoms with Crippen LogP contribution in [-0.4, -0.2) is 20.6 Å². The number of nitrogens with one attached hydrogen (secondary N) is 1. The summed E-state index contributed by atoms with van der Waals surface area (Å²) < 4.78 is 8.89. The zero-order valence-electron chi connectivity index (χ0n) is 11.0. The summed E-state index contributed by atoms with van der Waals surface area (Å²) in [6.07, 6.45) is 0.948. The van der Waals surface area contributed by atoms with Crippen molar-refractivity contribution < 1.29 is 0 Å². The molecule has 0 aromatic heterocycles. The van der Waals surface area contributed by atoms with Gasteiger partial charge in [0.2, 0.25) is 0 Å². The Hall–Kier alpha value is -1.35. The van der Waals surface area contributed by atoms with Crippen molar-refractivity contribution in [2.45, 2.75) is 19.4 Å². The van der Waals surface area contributed by atoms with E-state index in [9.17, 15) is 0 Å². The van der Waals surface area contributed by atoms with Gasteiger partial charge in [0.1, 0.15) is 0 Å². The average Bonchev–Trinajstić information content (AvgIpc) is 2.91. The van der Waals surface area contributed by atoms with Crippen molar-refractivity contribution in [1.29, 1.82) is 0 Å².